The summed E-state index contributed by atoms with van der Waals surface area (Å²) < 4.78 is 38.4. The number of alkyl halides is 3. The summed E-state index contributed by atoms with van der Waals surface area (Å²) in [5.41, 5.74) is 0.165. The van der Waals surface area contributed by atoms with Gasteiger partial charge in [0.2, 0.25) is 0 Å². The van der Waals surface area contributed by atoms with Gasteiger partial charge in [0.05, 0.1) is 11.3 Å². The summed E-state index contributed by atoms with van der Waals surface area (Å²) in [6.45, 7) is 0.999. The molecule has 0 aliphatic carbocycles. The first-order chi connectivity index (χ1) is 9.43. The van der Waals surface area contributed by atoms with Gasteiger partial charge in [0.1, 0.15) is 0 Å². The number of halogens is 4. The minimum Gasteiger partial charge on any atom is -0.396 e. The third kappa shape index (κ3) is 3.47. The molecule has 1 aromatic rings. The largest absolute Gasteiger partial charge is 0.416 e. The van der Waals surface area contributed by atoms with Crippen molar-refractivity contribution < 1.29 is 18.3 Å². The van der Waals surface area contributed by atoms with Crippen LogP contribution < -0.4 is 4.90 Å². The minimum absolute atomic E-state index is 0.151. The van der Waals surface area contributed by atoms with Gasteiger partial charge in [0, 0.05) is 23.7 Å². The predicted octanol–water partition coefficient (Wildman–Crippen LogP) is 4.21. The Morgan fingerprint density at radius 1 is 1.35 bits per heavy atom. The highest BCUT2D eigenvalue weighted by Crippen LogP contribution is 2.38. The van der Waals surface area contributed by atoms with Crippen LogP contribution in [-0.2, 0) is 6.18 Å². The molecule has 1 atom stereocenters. The Kier molecular flexibility index (Phi) is 4.96. The van der Waals surface area contributed by atoms with Gasteiger partial charge in [-0.1, -0.05) is 0 Å². The number of aliphatic hydroxyl groups is 1. The zero-order chi connectivity index (χ0) is 14.8. The quantitative estimate of drug-likeness (QED) is 0.878. The highest BCUT2D eigenvalue weighted by Gasteiger charge is 2.32. The third-order valence-corrected chi connectivity index (χ3v) is 4.29. The molecule has 112 valence electrons. The van der Waals surface area contributed by atoms with Crippen LogP contribution in [0.15, 0.2) is 22.7 Å². The topological polar surface area (TPSA) is 23.5 Å². The maximum absolute atomic E-state index is 12.7. The molecule has 1 aromatic carbocycles. The molecule has 0 radical (unpaired) electrons. The van der Waals surface area contributed by atoms with E-state index in [-0.39, 0.29) is 6.61 Å². The third-order valence-electron chi connectivity index (χ3n) is 3.66. The van der Waals surface area contributed by atoms with Crippen LogP contribution in [0.3, 0.4) is 0 Å². The summed E-state index contributed by atoms with van der Waals surface area (Å²) in [5, 5.41) is 8.91. The zero-order valence-corrected chi connectivity index (χ0v) is 12.5. The molecule has 1 aliphatic rings. The van der Waals surface area contributed by atoms with E-state index >= 15 is 0 Å². The molecular formula is C14H17BrF3NO. The Balaban J connectivity index is 2.20. The lowest BCUT2D eigenvalue weighted by atomic mass is 10.1. The van der Waals surface area contributed by atoms with Gasteiger partial charge in [-0.2, -0.15) is 13.2 Å². The van der Waals surface area contributed by atoms with E-state index in [1.807, 2.05) is 0 Å². The van der Waals surface area contributed by atoms with Crippen molar-refractivity contribution in [3.63, 3.8) is 0 Å². The summed E-state index contributed by atoms with van der Waals surface area (Å²) in [6.07, 6.45) is -0.678. The Labute approximate surface area is 124 Å². The van der Waals surface area contributed by atoms with Gasteiger partial charge in [-0.25, -0.2) is 0 Å². The normalized spacial score (nSPS) is 19.6. The van der Waals surface area contributed by atoms with E-state index in [2.05, 4.69) is 20.8 Å². The molecule has 1 unspecified atom stereocenters. The second kappa shape index (κ2) is 6.35. The smallest absolute Gasteiger partial charge is 0.396 e. The van der Waals surface area contributed by atoms with Gasteiger partial charge in [-0.15, -0.1) is 0 Å². The van der Waals surface area contributed by atoms with Crippen LogP contribution in [0.25, 0.3) is 0 Å². The van der Waals surface area contributed by atoms with Crippen LogP contribution in [0.5, 0.6) is 0 Å². The first-order valence-electron chi connectivity index (χ1n) is 6.67. The van der Waals surface area contributed by atoms with Crippen molar-refractivity contribution in [1.82, 2.24) is 0 Å². The molecule has 2 nitrogen and oxygen atoms in total. The van der Waals surface area contributed by atoms with E-state index in [1.165, 1.54) is 6.07 Å². The number of hydrogen-bond donors (Lipinski definition) is 1. The molecule has 2 rings (SSSR count). The van der Waals surface area contributed by atoms with E-state index in [0.29, 0.717) is 10.5 Å². The molecule has 1 heterocycles. The fourth-order valence-corrected chi connectivity index (χ4v) is 3.30. The fourth-order valence-electron chi connectivity index (χ4n) is 2.70. The van der Waals surface area contributed by atoms with E-state index < -0.39 is 11.7 Å². The maximum Gasteiger partial charge on any atom is 0.416 e. The Bertz CT molecular complexity index is 464. The SMILES string of the molecule is OCCCC1CCCN1c1ccc(C(F)(F)F)cc1Br. The van der Waals surface area contributed by atoms with Gasteiger partial charge < -0.3 is 10.0 Å². The number of anilines is 1. The van der Waals surface area contributed by atoms with Crippen LogP contribution in [0.4, 0.5) is 18.9 Å². The molecule has 1 aliphatic heterocycles. The van der Waals surface area contributed by atoms with E-state index in [1.54, 1.807) is 0 Å². The van der Waals surface area contributed by atoms with E-state index in [9.17, 15) is 13.2 Å². The van der Waals surface area contributed by atoms with Crippen LogP contribution in [-0.4, -0.2) is 24.3 Å². The standard InChI is InChI=1S/C14H17BrF3NO/c15-12-9-10(14(16,17)18)5-6-13(12)19-7-1-3-11(19)4-2-8-20/h5-6,9,11,20H,1-4,7-8H2. The predicted molar refractivity (Wildman–Crippen MR) is 75.8 cm³/mol. The summed E-state index contributed by atoms with van der Waals surface area (Å²) >= 11 is 3.25. The molecule has 0 spiro atoms. The van der Waals surface area contributed by atoms with E-state index in [0.717, 1.165) is 50.0 Å². The molecule has 20 heavy (non-hydrogen) atoms. The van der Waals surface area contributed by atoms with Crippen molar-refractivity contribution in [2.45, 2.75) is 37.9 Å². The van der Waals surface area contributed by atoms with E-state index in [4.69, 9.17) is 5.11 Å². The first kappa shape index (κ1) is 15.6. The van der Waals surface area contributed by atoms with Crippen LogP contribution in [0, 0.1) is 0 Å². The number of aliphatic hydroxyl groups excluding tert-OH is 1. The molecule has 0 amide bonds. The highest BCUT2D eigenvalue weighted by atomic mass is 79.9. The molecule has 0 bridgehead atoms. The lowest BCUT2D eigenvalue weighted by Gasteiger charge is -2.28. The van der Waals surface area contributed by atoms with Crippen molar-refractivity contribution in [3.05, 3.63) is 28.2 Å². The number of benzene rings is 1. The van der Waals surface area contributed by atoms with Crippen molar-refractivity contribution in [2.24, 2.45) is 0 Å². The second-order valence-electron chi connectivity index (χ2n) is 5.02. The Morgan fingerprint density at radius 2 is 2.10 bits per heavy atom. The van der Waals surface area contributed by atoms with Crippen molar-refractivity contribution in [1.29, 1.82) is 0 Å². The van der Waals surface area contributed by atoms with Crippen molar-refractivity contribution in [3.8, 4) is 0 Å². The van der Waals surface area contributed by atoms with Crippen molar-refractivity contribution in [2.75, 3.05) is 18.1 Å². The van der Waals surface area contributed by atoms with Crippen LogP contribution in [0.2, 0.25) is 0 Å². The number of nitrogens with zero attached hydrogens (tertiary/aromatic N) is 1. The monoisotopic (exact) mass is 351 g/mol. The Morgan fingerprint density at radius 3 is 2.70 bits per heavy atom. The molecule has 6 heteroatoms. The fraction of sp³-hybridized carbons (Fsp3) is 0.571. The second-order valence-corrected chi connectivity index (χ2v) is 5.87. The van der Waals surface area contributed by atoms with Gasteiger partial charge in [0.25, 0.3) is 0 Å². The first-order valence-corrected chi connectivity index (χ1v) is 7.47. The lowest BCUT2D eigenvalue weighted by Crippen LogP contribution is -2.29. The number of hydrogen-bond acceptors (Lipinski definition) is 2. The maximum atomic E-state index is 12.7. The van der Waals surface area contributed by atoms with Gasteiger partial charge in [-0.05, 0) is 59.8 Å². The van der Waals surface area contributed by atoms with Gasteiger partial charge in [0.15, 0.2) is 0 Å². The van der Waals surface area contributed by atoms with Crippen molar-refractivity contribution >= 4 is 21.6 Å². The molecule has 0 aromatic heterocycles. The summed E-state index contributed by atoms with van der Waals surface area (Å²) in [6, 6.07) is 4.10. The van der Waals surface area contributed by atoms with Gasteiger partial charge >= 0.3 is 6.18 Å². The summed E-state index contributed by atoms with van der Waals surface area (Å²) in [5.74, 6) is 0. The van der Waals surface area contributed by atoms with Crippen LogP contribution in [0.1, 0.15) is 31.2 Å². The Hall–Kier alpha value is -0.750. The molecular weight excluding hydrogens is 335 g/mol. The molecule has 1 N–H and O–H groups in total. The van der Waals surface area contributed by atoms with Crippen LogP contribution >= 0.6 is 15.9 Å². The average molecular weight is 352 g/mol. The molecule has 1 fully saturated rings. The average Bonchev–Trinajstić information content (AvgIpc) is 2.83. The number of rotatable bonds is 4. The zero-order valence-electron chi connectivity index (χ0n) is 11.0. The van der Waals surface area contributed by atoms with Gasteiger partial charge in [-0.3, -0.25) is 0 Å². The summed E-state index contributed by atoms with van der Waals surface area (Å²) in [7, 11) is 0. The molecule has 1 saturated heterocycles. The molecule has 0 saturated carbocycles. The lowest BCUT2D eigenvalue weighted by molar-refractivity contribution is -0.137. The highest BCUT2D eigenvalue weighted by molar-refractivity contribution is 9.10. The summed E-state index contributed by atoms with van der Waals surface area (Å²) in [4.78, 5) is 2.14. The minimum atomic E-state index is -4.32.